The second-order valence-corrected chi connectivity index (χ2v) is 5.20. The molecule has 0 spiro atoms. The van der Waals surface area contributed by atoms with Gasteiger partial charge in [-0.15, -0.1) is 0 Å². The molecule has 0 bridgehead atoms. The molecule has 0 aliphatic heterocycles. The summed E-state index contributed by atoms with van der Waals surface area (Å²) in [5.41, 5.74) is 0.963. The van der Waals surface area contributed by atoms with Gasteiger partial charge >= 0.3 is 12.0 Å². The molecule has 2 N–H and O–H groups in total. The number of rotatable bonds is 10. The maximum absolute atomic E-state index is 11.8. The van der Waals surface area contributed by atoms with Crippen LogP contribution in [0.1, 0.15) is 25.3 Å². The minimum Gasteiger partial charge on any atom is -0.493 e. The van der Waals surface area contributed by atoms with Crippen LogP contribution in [0.25, 0.3) is 0 Å². The van der Waals surface area contributed by atoms with Gasteiger partial charge in [0, 0.05) is 13.0 Å². The Balaban J connectivity index is 2.32. The zero-order valence-electron chi connectivity index (χ0n) is 14.9. The summed E-state index contributed by atoms with van der Waals surface area (Å²) in [4.78, 5) is 22.9. The zero-order valence-corrected chi connectivity index (χ0v) is 14.9. The Hall–Kier alpha value is -2.48. The Kier molecular flexibility index (Phi) is 9.16. The normalized spacial score (nSPS) is 10.1. The number of urea groups is 1. The van der Waals surface area contributed by atoms with Crippen molar-refractivity contribution < 1.29 is 29.0 Å². The predicted octanol–water partition coefficient (Wildman–Crippen LogP) is 1.99. The van der Waals surface area contributed by atoms with E-state index < -0.39 is 6.03 Å². The summed E-state index contributed by atoms with van der Waals surface area (Å²) in [7, 11) is 3.12. The third kappa shape index (κ3) is 7.30. The van der Waals surface area contributed by atoms with Crippen molar-refractivity contribution in [1.82, 2.24) is 10.4 Å². The molecular weight excluding hydrogens is 328 g/mol. The minimum atomic E-state index is -0.607. The van der Waals surface area contributed by atoms with Gasteiger partial charge < -0.3 is 19.5 Å². The molecule has 0 unspecified atom stereocenters. The summed E-state index contributed by atoms with van der Waals surface area (Å²) in [6.07, 6.45) is 1.06. The van der Waals surface area contributed by atoms with Gasteiger partial charge in [-0.25, -0.2) is 9.86 Å². The number of amides is 2. The van der Waals surface area contributed by atoms with Gasteiger partial charge in [0.1, 0.15) is 0 Å². The van der Waals surface area contributed by atoms with Gasteiger partial charge in [0.05, 0.1) is 27.4 Å². The van der Waals surface area contributed by atoms with E-state index in [0.717, 1.165) is 5.56 Å². The molecule has 140 valence electrons. The van der Waals surface area contributed by atoms with E-state index in [1.165, 1.54) is 0 Å². The van der Waals surface area contributed by atoms with Crippen LogP contribution in [-0.4, -0.2) is 56.2 Å². The van der Waals surface area contributed by atoms with Crippen molar-refractivity contribution in [1.29, 1.82) is 0 Å². The lowest BCUT2D eigenvalue weighted by molar-refractivity contribution is -0.143. The number of nitrogens with zero attached hydrogens (tertiary/aromatic N) is 1. The van der Waals surface area contributed by atoms with E-state index >= 15 is 0 Å². The standard InChI is InChI=1S/C17H26N2O6/c1-4-25-16(20)6-5-11-19(22)17(21)18-10-9-13-7-8-14(23-2)15(12-13)24-3/h7-8,12,22H,4-6,9-11H2,1-3H3,(H,18,21). The Bertz CT molecular complexity index is 564. The van der Waals surface area contributed by atoms with Crippen molar-refractivity contribution in [3.05, 3.63) is 23.8 Å². The van der Waals surface area contributed by atoms with Crippen molar-refractivity contribution in [2.75, 3.05) is 33.9 Å². The summed E-state index contributed by atoms with van der Waals surface area (Å²) in [5.74, 6) is 0.914. The van der Waals surface area contributed by atoms with Crippen molar-refractivity contribution in [3.63, 3.8) is 0 Å². The second-order valence-electron chi connectivity index (χ2n) is 5.20. The van der Waals surface area contributed by atoms with Gasteiger partial charge in [0.15, 0.2) is 11.5 Å². The molecular formula is C17H26N2O6. The first kappa shape index (κ1) is 20.6. The Morgan fingerprint density at radius 1 is 1.20 bits per heavy atom. The number of benzene rings is 1. The van der Waals surface area contributed by atoms with Crippen LogP contribution >= 0.6 is 0 Å². The average Bonchev–Trinajstić information content (AvgIpc) is 2.61. The fourth-order valence-electron chi connectivity index (χ4n) is 2.15. The Morgan fingerprint density at radius 3 is 2.56 bits per heavy atom. The molecule has 0 saturated heterocycles. The quantitative estimate of drug-likeness (QED) is 0.379. The third-order valence-electron chi connectivity index (χ3n) is 3.43. The van der Waals surface area contributed by atoms with E-state index in [9.17, 15) is 14.8 Å². The molecule has 1 rings (SSSR count). The molecule has 0 atom stereocenters. The fourth-order valence-corrected chi connectivity index (χ4v) is 2.15. The van der Waals surface area contributed by atoms with E-state index in [1.807, 2.05) is 12.1 Å². The van der Waals surface area contributed by atoms with E-state index in [4.69, 9.17) is 14.2 Å². The molecule has 0 aromatic heterocycles. The molecule has 1 aromatic rings. The molecule has 0 heterocycles. The van der Waals surface area contributed by atoms with Crippen LogP contribution in [0.15, 0.2) is 18.2 Å². The zero-order chi connectivity index (χ0) is 18.7. The first-order valence-electron chi connectivity index (χ1n) is 8.12. The first-order valence-corrected chi connectivity index (χ1v) is 8.12. The van der Waals surface area contributed by atoms with Crippen LogP contribution in [-0.2, 0) is 16.0 Å². The van der Waals surface area contributed by atoms with Crippen molar-refractivity contribution in [2.45, 2.75) is 26.2 Å². The molecule has 0 aliphatic rings. The van der Waals surface area contributed by atoms with Gasteiger partial charge in [-0.2, -0.15) is 0 Å². The van der Waals surface area contributed by atoms with Crippen molar-refractivity contribution >= 4 is 12.0 Å². The number of methoxy groups -OCH3 is 2. The number of hydrogen-bond donors (Lipinski definition) is 2. The number of carbonyl (C=O) groups excluding carboxylic acids is 2. The summed E-state index contributed by atoms with van der Waals surface area (Å²) in [5, 5.41) is 12.8. The highest BCUT2D eigenvalue weighted by molar-refractivity contribution is 5.73. The van der Waals surface area contributed by atoms with Gasteiger partial charge in [0.25, 0.3) is 0 Å². The van der Waals surface area contributed by atoms with Crippen molar-refractivity contribution in [2.24, 2.45) is 0 Å². The molecule has 1 aromatic carbocycles. The van der Waals surface area contributed by atoms with E-state index in [-0.39, 0.29) is 18.9 Å². The molecule has 8 heteroatoms. The van der Waals surface area contributed by atoms with Gasteiger partial charge in [-0.3, -0.25) is 10.0 Å². The lowest BCUT2D eigenvalue weighted by Gasteiger charge is -2.16. The van der Waals surface area contributed by atoms with E-state index in [1.54, 1.807) is 27.2 Å². The van der Waals surface area contributed by atoms with Gasteiger partial charge in [-0.1, -0.05) is 6.07 Å². The Morgan fingerprint density at radius 2 is 1.92 bits per heavy atom. The average molecular weight is 354 g/mol. The predicted molar refractivity (Wildman–Crippen MR) is 91.0 cm³/mol. The topological polar surface area (TPSA) is 97.3 Å². The monoisotopic (exact) mass is 354 g/mol. The summed E-state index contributed by atoms with van der Waals surface area (Å²) in [6.45, 7) is 2.45. The highest BCUT2D eigenvalue weighted by Gasteiger charge is 2.11. The summed E-state index contributed by atoms with van der Waals surface area (Å²) >= 11 is 0. The van der Waals surface area contributed by atoms with Gasteiger partial charge in [-0.05, 0) is 37.5 Å². The van der Waals surface area contributed by atoms with Crippen LogP contribution in [0.2, 0.25) is 0 Å². The number of ether oxygens (including phenoxy) is 3. The maximum atomic E-state index is 11.8. The third-order valence-corrected chi connectivity index (χ3v) is 3.43. The van der Waals surface area contributed by atoms with Crippen molar-refractivity contribution in [3.8, 4) is 11.5 Å². The van der Waals surface area contributed by atoms with Crippen LogP contribution in [0.5, 0.6) is 11.5 Å². The van der Waals surface area contributed by atoms with Crippen LogP contribution < -0.4 is 14.8 Å². The maximum Gasteiger partial charge on any atom is 0.341 e. The first-order chi connectivity index (χ1) is 12.0. The number of nitrogens with one attached hydrogen (secondary N) is 1. The number of esters is 1. The smallest absolute Gasteiger partial charge is 0.341 e. The van der Waals surface area contributed by atoms with E-state index in [0.29, 0.717) is 42.6 Å². The lowest BCUT2D eigenvalue weighted by Crippen LogP contribution is -2.39. The SMILES string of the molecule is CCOC(=O)CCCN(O)C(=O)NCCc1ccc(OC)c(OC)c1. The molecule has 0 aliphatic carbocycles. The number of carbonyl (C=O) groups is 2. The highest BCUT2D eigenvalue weighted by atomic mass is 16.5. The number of hydrogen-bond acceptors (Lipinski definition) is 6. The largest absolute Gasteiger partial charge is 0.493 e. The second kappa shape index (κ2) is 11.1. The van der Waals surface area contributed by atoms with Crippen LogP contribution in [0.4, 0.5) is 4.79 Å². The minimum absolute atomic E-state index is 0.0566. The molecule has 2 amide bonds. The van der Waals surface area contributed by atoms with Crippen LogP contribution in [0.3, 0.4) is 0 Å². The Labute approximate surface area is 147 Å². The lowest BCUT2D eigenvalue weighted by atomic mass is 10.1. The van der Waals surface area contributed by atoms with E-state index in [2.05, 4.69) is 5.32 Å². The molecule has 25 heavy (non-hydrogen) atoms. The molecule has 0 fully saturated rings. The number of hydroxylamine groups is 2. The highest BCUT2D eigenvalue weighted by Crippen LogP contribution is 2.27. The summed E-state index contributed by atoms with van der Waals surface area (Å²) in [6, 6.07) is 4.90. The molecule has 0 saturated carbocycles. The fraction of sp³-hybridized carbons (Fsp3) is 0.529. The summed E-state index contributed by atoms with van der Waals surface area (Å²) < 4.78 is 15.2. The molecule has 8 nitrogen and oxygen atoms in total. The van der Waals surface area contributed by atoms with Gasteiger partial charge in [0.2, 0.25) is 0 Å². The van der Waals surface area contributed by atoms with Crippen LogP contribution in [0, 0.1) is 0 Å². The molecule has 0 radical (unpaired) electrons.